The summed E-state index contributed by atoms with van der Waals surface area (Å²) in [5.74, 6) is -0.129. The number of Topliss-reactive ketones (excluding diaryl/α,β-unsaturated/α-hetero) is 1. The van der Waals surface area contributed by atoms with Crippen molar-refractivity contribution in [3.63, 3.8) is 0 Å². The third-order valence-corrected chi connectivity index (χ3v) is 2.00. The van der Waals surface area contributed by atoms with Crippen LogP contribution in [0.5, 0.6) is 0 Å². The molecule has 0 fully saturated rings. The number of hydrogen-bond donors (Lipinski definition) is 0. The van der Waals surface area contributed by atoms with Crippen LogP contribution in [-0.4, -0.2) is 10.7 Å². The summed E-state index contributed by atoms with van der Waals surface area (Å²) in [4.78, 5) is 20.9. The van der Waals surface area contributed by atoms with Crippen molar-refractivity contribution in [3.05, 3.63) is 38.9 Å². The molecule has 0 spiro atoms. The smallest absolute Gasteiger partial charge is 0.291 e. The first kappa shape index (κ1) is 10.7. The minimum absolute atomic E-state index is 0.0386. The van der Waals surface area contributed by atoms with E-state index < -0.39 is 4.92 Å². The van der Waals surface area contributed by atoms with Crippen LogP contribution in [0.3, 0.4) is 0 Å². The number of nitro groups is 1. The molecule has 0 aromatic heterocycles. The van der Waals surface area contributed by atoms with Crippen LogP contribution in [0.25, 0.3) is 0 Å². The number of rotatable bonds is 3. The fraction of sp³-hybridized carbons (Fsp3) is 0.222. The Bertz CT molecular complexity index is 390. The molecular formula is C9H8ClNO3. The van der Waals surface area contributed by atoms with E-state index in [1.54, 1.807) is 6.07 Å². The van der Waals surface area contributed by atoms with E-state index >= 15 is 0 Å². The maximum atomic E-state index is 10.8. The van der Waals surface area contributed by atoms with Crippen LogP contribution in [0.2, 0.25) is 5.02 Å². The molecule has 0 heterocycles. The van der Waals surface area contributed by atoms with Crippen molar-refractivity contribution in [2.45, 2.75) is 13.3 Å². The molecule has 5 heteroatoms. The summed E-state index contributed by atoms with van der Waals surface area (Å²) in [6.45, 7) is 1.38. The predicted octanol–water partition coefficient (Wildman–Crippen LogP) is 2.38. The molecule has 0 radical (unpaired) electrons. The molecule has 0 atom stereocenters. The summed E-state index contributed by atoms with van der Waals surface area (Å²) in [6, 6.07) is 4.56. The molecule has 0 bridgehead atoms. The predicted molar refractivity (Wildman–Crippen MR) is 52.5 cm³/mol. The Morgan fingerprint density at radius 1 is 1.57 bits per heavy atom. The monoisotopic (exact) mass is 213 g/mol. The number of benzene rings is 1. The van der Waals surface area contributed by atoms with E-state index in [4.69, 9.17) is 11.6 Å². The molecule has 0 aliphatic heterocycles. The van der Waals surface area contributed by atoms with Gasteiger partial charge in [-0.3, -0.25) is 14.9 Å². The van der Waals surface area contributed by atoms with Gasteiger partial charge >= 0.3 is 0 Å². The average molecular weight is 214 g/mol. The molecule has 74 valence electrons. The van der Waals surface area contributed by atoms with Gasteiger partial charge in [-0.15, -0.1) is 0 Å². The fourth-order valence-corrected chi connectivity index (χ4v) is 1.44. The summed E-state index contributed by atoms with van der Waals surface area (Å²) in [5.41, 5.74) is 0.180. The number of carbonyl (C=O) groups is 1. The molecule has 0 aliphatic rings. The molecule has 14 heavy (non-hydrogen) atoms. The first-order chi connectivity index (χ1) is 6.52. The summed E-state index contributed by atoms with van der Waals surface area (Å²) in [7, 11) is 0. The zero-order valence-electron chi connectivity index (χ0n) is 7.49. The highest BCUT2D eigenvalue weighted by Gasteiger charge is 2.18. The average Bonchev–Trinajstić information content (AvgIpc) is 2.01. The summed E-state index contributed by atoms with van der Waals surface area (Å²) in [6.07, 6.45) is 0.0386. The van der Waals surface area contributed by atoms with Gasteiger partial charge in [0.05, 0.1) is 4.92 Å². The third-order valence-electron chi connectivity index (χ3n) is 1.69. The summed E-state index contributed by atoms with van der Waals surface area (Å²) < 4.78 is 0. The number of nitrogens with zero attached hydrogens (tertiary/aromatic N) is 1. The lowest BCUT2D eigenvalue weighted by molar-refractivity contribution is -0.385. The zero-order valence-corrected chi connectivity index (χ0v) is 8.25. The lowest BCUT2D eigenvalue weighted by Crippen LogP contribution is -2.01. The van der Waals surface area contributed by atoms with Crippen molar-refractivity contribution in [2.75, 3.05) is 0 Å². The van der Waals surface area contributed by atoms with E-state index in [-0.39, 0.29) is 22.9 Å². The SMILES string of the molecule is CC(=O)Cc1cccc(Cl)c1[N+](=O)[O-]. The van der Waals surface area contributed by atoms with Gasteiger partial charge in [0.15, 0.2) is 0 Å². The minimum Gasteiger partial charge on any atom is -0.300 e. The number of nitro benzene ring substituents is 1. The highest BCUT2D eigenvalue weighted by atomic mass is 35.5. The maximum absolute atomic E-state index is 10.8. The van der Waals surface area contributed by atoms with Crippen molar-refractivity contribution >= 4 is 23.1 Å². The molecule has 0 unspecified atom stereocenters. The normalized spacial score (nSPS) is 9.86. The molecule has 1 rings (SSSR count). The van der Waals surface area contributed by atoms with Gasteiger partial charge in [0.25, 0.3) is 5.69 Å². The topological polar surface area (TPSA) is 60.2 Å². The Morgan fingerprint density at radius 2 is 2.21 bits per heavy atom. The van der Waals surface area contributed by atoms with E-state index in [0.717, 1.165) is 0 Å². The van der Waals surface area contributed by atoms with E-state index in [2.05, 4.69) is 0 Å². The number of ketones is 1. The third kappa shape index (κ3) is 2.29. The Hall–Kier alpha value is -1.42. The van der Waals surface area contributed by atoms with Gasteiger partial charge in [-0.2, -0.15) is 0 Å². The van der Waals surface area contributed by atoms with Crippen LogP contribution >= 0.6 is 11.6 Å². The largest absolute Gasteiger partial charge is 0.300 e. The van der Waals surface area contributed by atoms with Crippen LogP contribution in [0.4, 0.5) is 5.69 Å². The van der Waals surface area contributed by atoms with Crippen LogP contribution in [-0.2, 0) is 11.2 Å². The fourth-order valence-electron chi connectivity index (χ4n) is 1.18. The molecule has 0 aliphatic carbocycles. The molecular weight excluding hydrogens is 206 g/mol. The standard InChI is InChI=1S/C9H8ClNO3/c1-6(12)5-7-3-2-4-8(10)9(7)11(13)14/h2-4H,5H2,1H3. The first-order valence-corrected chi connectivity index (χ1v) is 4.31. The molecule has 1 aromatic carbocycles. The minimum atomic E-state index is -0.569. The second kappa shape index (κ2) is 4.19. The van der Waals surface area contributed by atoms with Crippen molar-refractivity contribution < 1.29 is 9.72 Å². The van der Waals surface area contributed by atoms with Crippen molar-refractivity contribution in [2.24, 2.45) is 0 Å². The van der Waals surface area contributed by atoms with E-state index in [9.17, 15) is 14.9 Å². The van der Waals surface area contributed by atoms with Crippen LogP contribution in [0, 0.1) is 10.1 Å². The number of halogens is 1. The van der Waals surface area contributed by atoms with Gasteiger partial charge in [-0.25, -0.2) is 0 Å². The number of hydrogen-bond acceptors (Lipinski definition) is 3. The molecule has 0 saturated carbocycles. The van der Waals surface area contributed by atoms with Crippen LogP contribution in [0.1, 0.15) is 12.5 Å². The van der Waals surface area contributed by atoms with E-state index in [0.29, 0.717) is 5.56 Å². The van der Waals surface area contributed by atoms with Crippen molar-refractivity contribution in [1.82, 2.24) is 0 Å². The number of para-hydroxylation sites is 1. The maximum Gasteiger partial charge on any atom is 0.291 e. The van der Waals surface area contributed by atoms with Gasteiger partial charge < -0.3 is 0 Å². The quantitative estimate of drug-likeness (QED) is 0.572. The Kier molecular flexibility index (Phi) is 3.19. The van der Waals surface area contributed by atoms with Gasteiger partial charge in [0.1, 0.15) is 10.8 Å². The summed E-state index contributed by atoms with van der Waals surface area (Å²) in [5, 5.41) is 10.7. The Morgan fingerprint density at radius 3 is 2.71 bits per heavy atom. The van der Waals surface area contributed by atoms with Crippen molar-refractivity contribution in [1.29, 1.82) is 0 Å². The number of carbonyl (C=O) groups excluding carboxylic acids is 1. The first-order valence-electron chi connectivity index (χ1n) is 3.93. The second-order valence-electron chi connectivity index (χ2n) is 2.88. The van der Waals surface area contributed by atoms with Gasteiger partial charge in [-0.1, -0.05) is 23.7 Å². The zero-order chi connectivity index (χ0) is 10.7. The molecule has 4 nitrogen and oxygen atoms in total. The van der Waals surface area contributed by atoms with E-state index in [1.807, 2.05) is 0 Å². The Balaban J connectivity index is 3.21. The van der Waals surface area contributed by atoms with Crippen molar-refractivity contribution in [3.8, 4) is 0 Å². The Labute approximate surface area is 85.6 Å². The van der Waals surface area contributed by atoms with Gasteiger partial charge in [-0.05, 0) is 13.0 Å². The second-order valence-corrected chi connectivity index (χ2v) is 3.29. The van der Waals surface area contributed by atoms with Gasteiger partial charge in [0, 0.05) is 12.0 Å². The van der Waals surface area contributed by atoms with Crippen LogP contribution < -0.4 is 0 Å². The molecule has 0 saturated heterocycles. The van der Waals surface area contributed by atoms with Crippen LogP contribution in [0.15, 0.2) is 18.2 Å². The summed E-state index contributed by atoms with van der Waals surface area (Å²) >= 11 is 5.65. The molecule has 0 amide bonds. The molecule has 1 aromatic rings. The van der Waals surface area contributed by atoms with Gasteiger partial charge in [0.2, 0.25) is 0 Å². The lowest BCUT2D eigenvalue weighted by atomic mass is 10.1. The highest BCUT2D eigenvalue weighted by Crippen LogP contribution is 2.28. The highest BCUT2D eigenvalue weighted by molar-refractivity contribution is 6.32. The van der Waals surface area contributed by atoms with E-state index in [1.165, 1.54) is 19.1 Å². The lowest BCUT2D eigenvalue weighted by Gasteiger charge is -2.01. The molecule has 0 N–H and O–H groups in total.